The Bertz CT molecular complexity index is 1230. The van der Waals surface area contributed by atoms with E-state index in [2.05, 4.69) is 102 Å². The second-order valence-electron chi connectivity index (χ2n) is 10.7. The van der Waals surface area contributed by atoms with Crippen molar-refractivity contribution in [3.05, 3.63) is 103 Å². The average molecular weight is 465 g/mol. The molecule has 35 heavy (non-hydrogen) atoms. The highest BCUT2D eigenvalue weighted by molar-refractivity contribution is 5.66. The fraction of sp³-hybridized carbons (Fsp3) is 0.273. The molecule has 0 aliphatic carbocycles. The maximum absolute atomic E-state index is 6.09. The summed E-state index contributed by atoms with van der Waals surface area (Å²) in [5.74, 6) is 2.54. The highest BCUT2D eigenvalue weighted by Gasteiger charge is 2.16. The van der Waals surface area contributed by atoms with E-state index in [1.807, 2.05) is 36.4 Å². The zero-order valence-electron chi connectivity index (χ0n) is 21.8. The van der Waals surface area contributed by atoms with Gasteiger partial charge < -0.3 is 9.47 Å². The summed E-state index contributed by atoms with van der Waals surface area (Å²) in [6, 6.07) is 33.6. The molecule has 2 nitrogen and oxygen atoms in total. The summed E-state index contributed by atoms with van der Waals surface area (Å²) < 4.78 is 12.2. The van der Waals surface area contributed by atoms with Crippen LogP contribution in [-0.4, -0.2) is 5.60 Å². The van der Waals surface area contributed by atoms with Gasteiger partial charge in [0.2, 0.25) is 0 Å². The van der Waals surface area contributed by atoms with E-state index < -0.39 is 0 Å². The first-order valence-corrected chi connectivity index (χ1v) is 12.4. The van der Waals surface area contributed by atoms with E-state index >= 15 is 0 Å². The number of hydrogen-bond acceptors (Lipinski definition) is 2. The lowest BCUT2D eigenvalue weighted by molar-refractivity contribution is 0.105. The van der Waals surface area contributed by atoms with Crippen LogP contribution >= 0.6 is 0 Å². The van der Waals surface area contributed by atoms with Crippen molar-refractivity contribution in [3.63, 3.8) is 0 Å². The smallest absolute Gasteiger partial charge is 0.127 e. The molecule has 4 aromatic carbocycles. The van der Waals surface area contributed by atoms with Crippen LogP contribution in [0.2, 0.25) is 0 Å². The Balaban J connectivity index is 1.40. The van der Waals surface area contributed by atoms with Gasteiger partial charge in [-0.3, -0.25) is 0 Å². The Hall–Kier alpha value is -3.52. The molecule has 0 aromatic heterocycles. The molecule has 0 amide bonds. The summed E-state index contributed by atoms with van der Waals surface area (Å²) >= 11 is 0. The third kappa shape index (κ3) is 6.33. The fourth-order valence-corrected chi connectivity index (χ4v) is 3.84. The summed E-state index contributed by atoms with van der Waals surface area (Å²) in [6.45, 7) is 13.1. The third-order valence-electron chi connectivity index (χ3n) is 6.46. The van der Waals surface area contributed by atoms with Crippen LogP contribution in [0.3, 0.4) is 0 Å². The first kappa shape index (κ1) is 24.6. The first-order chi connectivity index (χ1) is 16.6. The Morgan fingerprint density at radius 2 is 0.829 bits per heavy atom. The van der Waals surface area contributed by atoms with Crippen molar-refractivity contribution in [1.82, 2.24) is 0 Å². The Labute approximate surface area is 210 Å². The molecule has 0 atom stereocenters. The van der Waals surface area contributed by atoms with Crippen LogP contribution in [0, 0.1) is 0 Å². The molecule has 2 heteroatoms. The molecule has 0 radical (unpaired) electrons. The Morgan fingerprint density at radius 3 is 1.17 bits per heavy atom. The average Bonchev–Trinajstić information content (AvgIpc) is 2.85. The second-order valence-corrected chi connectivity index (χ2v) is 10.7. The molecule has 4 aromatic rings. The molecule has 0 aliphatic rings. The van der Waals surface area contributed by atoms with Crippen molar-refractivity contribution < 1.29 is 9.47 Å². The quantitative estimate of drug-likeness (QED) is 0.271. The summed E-state index contributed by atoms with van der Waals surface area (Å²) in [7, 11) is 0. The largest absolute Gasteiger partial charge is 0.488 e. The van der Waals surface area contributed by atoms with E-state index in [4.69, 9.17) is 9.47 Å². The van der Waals surface area contributed by atoms with Crippen molar-refractivity contribution in [3.8, 4) is 39.5 Å². The predicted octanol–water partition coefficient (Wildman–Crippen LogP) is 9.68. The highest BCUT2D eigenvalue weighted by Crippen LogP contribution is 2.31. The van der Waals surface area contributed by atoms with Gasteiger partial charge in [0, 0.05) is 0 Å². The molecule has 0 saturated heterocycles. The van der Waals surface area contributed by atoms with E-state index in [-0.39, 0.29) is 11.0 Å². The third-order valence-corrected chi connectivity index (χ3v) is 6.46. The molecule has 0 unspecified atom stereocenters. The van der Waals surface area contributed by atoms with Gasteiger partial charge in [-0.2, -0.15) is 0 Å². The van der Waals surface area contributed by atoms with Crippen LogP contribution in [0.4, 0.5) is 0 Å². The van der Waals surface area contributed by atoms with Crippen molar-refractivity contribution in [2.45, 2.75) is 59.0 Å². The van der Waals surface area contributed by atoms with Crippen molar-refractivity contribution >= 4 is 0 Å². The van der Waals surface area contributed by atoms with E-state index in [1.165, 1.54) is 16.7 Å². The van der Waals surface area contributed by atoms with Crippen LogP contribution in [0.25, 0.3) is 22.3 Å². The number of rotatable bonds is 7. The molecule has 0 fully saturated rings. The fourth-order valence-electron chi connectivity index (χ4n) is 3.84. The van der Waals surface area contributed by atoms with Crippen LogP contribution in [-0.2, 0) is 5.41 Å². The zero-order chi connectivity index (χ0) is 25.1. The van der Waals surface area contributed by atoms with E-state index in [9.17, 15) is 0 Å². The summed E-state index contributed by atoms with van der Waals surface area (Å²) in [4.78, 5) is 0. The summed E-state index contributed by atoms with van der Waals surface area (Å²) in [6.07, 6.45) is 0.962. The first-order valence-electron chi connectivity index (χ1n) is 12.4. The second kappa shape index (κ2) is 10.00. The van der Waals surface area contributed by atoms with Crippen LogP contribution in [0.1, 0.15) is 53.5 Å². The van der Waals surface area contributed by atoms with E-state index in [1.54, 1.807) is 0 Å². The zero-order valence-corrected chi connectivity index (χ0v) is 21.8. The van der Waals surface area contributed by atoms with Crippen molar-refractivity contribution in [2.75, 3.05) is 0 Å². The summed E-state index contributed by atoms with van der Waals surface area (Å²) in [5, 5.41) is 0. The van der Waals surface area contributed by atoms with Gasteiger partial charge in [-0.05, 0) is 89.9 Å². The minimum Gasteiger partial charge on any atom is -0.488 e. The topological polar surface area (TPSA) is 18.5 Å². The standard InChI is InChI=1S/C33H36O2/c1-7-33(5,6)35-31-22-14-27(15-23-31)26-12-20-30(21-13-26)34-29-18-10-25(11-19-29)24-8-16-28(17-9-24)32(2,3)4/h8-23H,7H2,1-6H3. The molecule has 0 aliphatic heterocycles. The van der Waals surface area contributed by atoms with E-state index in [0.717, 1.165) is 34.8 Å². The number of ether oxygens (including phenoxy) is 2. The van der Waals surface area contributed by atoms with Crippen molar-refractivity contribution in [1.29, 1.82) is 0 Å². The van der Waals surface area contributed by atoms with Gasteiger partial charge in [-0.15, -0.1) is 0 Å². The van der Waals surface area contributed by atoms with Crippen LogP contribution in [0.15, 0.2) is 97.1 Å². The maximum Gasteiger partial charge on any atom is 0.127 e. The van der Waals surface area contributed by atoms with Crippen molar-refractivity contribution in [2.24, 2.45) is 0 Å². The minimum absolute atomic E-state index is 0.157. The van der Waals surface area contributed by atoms with Gasteiger partial charge in [0.15, 0.2) is 0 Å². The lowest BCUT2D eigenvalue weighted by Gasteiger charge is -2.24. The molecule has 0 heterocycles. The van der Waals surface area contributed by atoms with Crippen LogP contribution < -0.4 is 9.47 Å². The Kier molecular flexibility index (Phi) is 7.03. The summed E-state index contributed by atoms with van der Waals surface area (Å²) in [5.41, 5.74) is 6.04. The molecule has 0 spiro atoms. The molecule has 0 saturated carbocycles. The van der Waals surface area contributed by atoms with Gasteiger partial charge >= 0.3 is 0 Å². The SMILES string of the molecule is CCC(C)(C)Oc1ccc(-c2ccc(Oc3ccc(-c4ccc(C(C)(C)C)cc4)cc3)cc2)cc1. The van der Waals surface area contributed by atoms with Gasteiger partial charge in [-0.1, -0.05) is 88.4 Å². The molecule has 0 N–H and O–H groups in total. The molecular formula is C33H36O2. The normalized spacial score (nSPS) is 11.8. The van der Waals surface area contributed by atoms with Gasteiger partial charge in [0.05, 0.1) is 0 Å². The van der Waals surface area contributed by atoms with Gasteiger partial charge in [0.25, 0.3) is 0 Å². The minimum atomic E-state index is -0.157. The molecule has 4 rings (SSSR count). The number of benzene rings is 4. The lowest BCUT2D eigenvalue weighted by Crippen LogP contribution is -2.26. The maximum atomic E-state index is 6.09. The van der Waals surface area contributed by atoms with Gasteiger partial charge in [-0.25, -0.2) is 0 Å². The van der Waals surface area contributed by atoms with E-state index in [0.29, 0.717) is 0 Å². The molecule has 180 valence electrons. The monoisotopic (exact) mass is 464 g/mol. The molecule has 0 bridgehead atoms. The number of hydrogen-bond donors (Lipinski definition) is 0. The van der Waals surface area contributed by atoms with Crippen LogP contribution in [0.5, 0.6) is 17.2 Å². The van der Waals surface area contributed by atoms with Gasteiger partial charge in [0.1, 0.15) is 22.8 Å². The predicted molar refractivity (Wildman–Crippen MR) is 148 cm³/mol. The molecular weight excluding hydrogens is 428 g/mol. The Morgan fingerprint density at radius 1 is 0.486 bits per heavy atom. The lowest BCUT2D eigenvalue weighted by atomic mass is 9.86. The highest BCUT2D eigenvalue weighted by atomic mass is 16.5.